The molecule has 0 radical (unpaired) electrons. The third-order valence-electron chi connectivity index (χ3n) is 4.74. The first-order chi connectivity index (χ1) is 11.5. The predicted octanol–water partition coefficient (Wildman–Crippen LogP) is 2.04. The lowest BCUT2D eigenvalue weighted by Gasteiger charge is -2.21. The third kappa shape index (κ3) is 3.76. The van der Waals surface area contributed by atoms with Gasteiger partial charge in [0.2, 0.25) is 0 Å². The van der Waals surface area contributed by atoms with Gasteiger partial charge in [-0.1, -0.05) is 6.07 Å². The molecule has 1 spiro atoms. The number of nitrogens with one attached hydrogen (secondary N) is 2. The van der Waals surface area contributed by atoms with Crippen molar-refractivity contribution >= 4 is 17.5 Å². The first-order valence-electron chi connectivity index (χ1n) is 8.46. The van der Waals surface area contributed by atoms with Crippen LogP contribution in [-0.2, 0) is 19.1 Å². The van der Waals surface area contributed by atoms with Gasteiger partial charge < -0.3 is 20.1 Å². The van der Waals surface area contributed by atoms with E-state index >= 15 is 0 Å². The molecule has 1 saturated heterocycles. The molecule has 1 aliphatic carbocycles. The highest BCUT2D eigenvalue weighted by molar-refractivity contribution is 6.39. The van der Waals surface area contributed by atoms with Crippen molar-refractivity contribution in [2.45, 2.75) is 51.4 Å². The summed E-state index contributed by atoms with van der Waals surface area (Å²) in [6, 6.07) is 5.54. The summed E-state index contributed by atoms with van der Waals surface area (Å²) in [6.07, 6.45) is 3.84. The average Bonchev–Trinajstić information content (AvgIpc) is 3.19. The van der Waals surface area contributed by atoms with E-state index in [1.54, 1.807) is 6.07 Å². The number of anilines is 1. The molecule has 6 heteroatoms. The lowest BCUT2D eigenvalue weighted by Crippen LogP contribution is -2.40. The standard InChI is InChI=1S/C18H24N2O4/c1-12-5-6-14(9-13(12)2)20-17(22)16(21)19-10-15-11-23-18(24-15)7-3-4-8-18/h5-6,9,15H,3-4,7-8,10-11H2,1-2H3,(H,19,21)(H,20,22)/t15-/m1/s1. The molecule has 2 aliphatic rings. The minimum Gasteiger partial charge on any atom is -0.347 e. The molecular formula is C18H24N2O4. The van der Waals surface area contributed by atoms with Crippen LogP contribution < -0.4 is 10.6 Å². The van der Waals surface area contributed by atoms with Gasteiger partial charge in [0.15, 0.2) is 5.79 Å². The Bertz CT molecular complexity index is 638. The lowest BCUT2D eigenvalue weighted by atomic mass is 10.1. The summed E-state index contributed by atoms with van der Waals surface area (Å²) < 4.78 is 11.7. The lowest BCUT2D eigenvalue weighted by molar-refractivity contribution is -0.161. The summed E-state index contributed by atoms with van der Waals surface area (Å²) in [5, 5.41) is 5.23. The van der Waals surface area contributed by atoms with Crippen LogP contribution in [0.2, 0.25) is 0 Å². The highest BCUT2D eigenvalue weighted by Gasteiger charge is 2.43. The zero-order valence-corrected chi connectivity index (χ0v) is 14.2. The monoisotopic (exact) mass is 332 g/mol. The number of benzene rings is 1. The Kier molecular flexibility index (Phi) is 4.87. The molecule has 0 bridgehead atoms. The van der Waals surface area contributed by atoms with E-state index in [1.807, 2.05) is 26.0 Å². The van der Waals surface area contributed by atoms with E-state index in [2.05, 4.69) is 10.6 Å². The van der Waals surface area contributed by atoms with Crippen molar-refractivity contribution in [1.82, 2.24) is 5.32 Å². The number of amides is 2. The highest BCUT2D eigenvalue weighted by atomic mass is 16.7. The normalized spacial score (nSPS) is 21.8. The Morgan fingerprint density at radius 1 is 1.17 bits per heavy atom. The molecule has 3 rings (SSSR count). The molecule has 1 heterocycles. The van der Waals surface area contributed by atoms with Gasteiger partial charge in [0.25, 0.3) is 0 Å². The number of hydrogen-bond acceptors (Lipinski definition) is 4. The maximum Gasteiger partial charge on any atom is 0.313 e. The molecule has 130 valence electrons. The minimum absolute atomic E-state index is 0.193. The Balaban J connectivity index is 1.46. The zero-order valence-electron chi connectivity index (χ0n) is 14.2. The van der Waals surface area contributed by atoms with Crippen molar-refractivity contribution in [1.29, 1.82) is 0 Å². The van der Waals surface area contributed by atoms with Crippen LogP contribution in [0.4, 0.5) is 5.69 Å². The van der Waals surface area contributed by atoms with E-state index in [-0.39, 0.29) is 12.6 Å². The molecule has 6 nitrogen and oxygen atoms in total. The highest BCUT2D eigenvalue weighted by Crippen LogP contribution is 2.38. The number of aryl methyl sites for hydroxylation is 2. The molecule has 1 aromatic carbocycles. The van der Waals surface area contributed by atoms with E-state index < -0.39 is 17.6 Å². The van der Waals surface area contributed by atoms with Crippen molar-refractivity contribution in [2.75, 3.05) is 18.5 Å². The van der Waals surface area contributed by atoms with Crippen molar-refractivity contribution in [3.63, 3.8) is 0 Å². The largest absolute Gasteiger partial charge is 0.347 e. The van der Waals surface area contributed by atoms with E-state index in [9.17, 15) is 9.59 Å². The smallest absolute Gasteiger partial charge is 0.313 e. The van der Waals surface area contributed by atoms with E-state index in [0.29, 0.717) is 12.3 Å². The average molecular weight is 332 g/mol. The second-order valence-electron chi connectivity index (χ2n) is 6.63. The second kappa shape index (κ2) is 6.91. The van der Waals surface area contributed by atoms with Crippen LogP contribution >= 0.6 is 0 Å². The second-order valence-corrected chi connectivity index (χ2v) is 6.63. The van der Waals surface area contributed by atoms with Gasteiger partial charge in [0, 0.05) is 25.1 Å². The van der Waals surface area contributed by atoms with Crippen molar-refractivity contribution in [3.8, 4) is 0 Å². The molecule has 0 unspecified atom stereocenters. The molecule has 1 atom stereocenters. The first-order valence-corrected chi connectivity index (χ1v) is 8.46. The molecule has 24 heavy (non-hydrogen) atoms. The number of carbonyl (C=O) groups excluding carboxylic acids is 2. The Hall–Kier alpha value is -1.92. The summed E-state index contributed by atoms with van der Waals surface area (Å²) in [5.41, 5.74) is 2.81. The van der Waals surface area contributed by atoms with E-state index in [4.69, 9.17) is 9.47 Å². The van der Waals surface area contributed by atoms with Gasteiger partial charge in [-0.15, -0.1) is 0 Å². The summed E-state index contributed by atoms with van der Waals surface area (Å²) in [4.78, 5) is 23.9. The summed E-state index contributed by atoms with van der Waals surface area (Å²) in [7, 11) is 0. The summed E-state index contributed by atoms with van der Waals surface area (Å²) >= 11 is 0. The van der Waals surface area contributed by atoms with E-state index in [1.165, 1.54) is 0 Å². The minimum atomic E-state index is -0.673. The molecular weight excluding hydrogens is 308 g/mol. The van der Waals surface area contributed by atoms with E-state index in [0.717, 1.165) is 36.8 Å². The Morgan fingerprint density at radius 2 is 1.92 bits per heavy atom. The molecule has 2 amide bonds. The number of carbonyl (C=O) groups is 2. The quantitative estimate of drug-likeness (QED) is 0.831. The van der Waals surface area contributed by atoms with Gasteiger partial charge in [0.1, 0.15) is 6.10 Å². The number of ether oxygens (including phenoxy) is 2. The topological polar surface area (TPSA) is 76.7 Å². The van der Waals surface area contributed by atoms with Crippen LogP contribution in [0, 0.1) is 13.8 Å². The van der Waals surface area contributed by atoms with Crippen molar-refractivity contribution < 1.29 is 19.1 Å². The van der Waals surface area contributed by atoms with Crippen LogP contribution in [-0.4, -0.2) is 36.9 Å². The Labute approximate surface area is 141 Å². The van der Waals surface area contributed by atoms with Gasteiger partial charge in [-0.3, -0.25) is 9.59 Å². The molecule has 1 aromatic rings. The van der Waals surface area contributed by atoms with Crippen LogP contribution in [0.25, 0.3) is 0 Å². The zero-order chi connectivity index (χ0) is 17.2. The van der Waals surface area contributed by atoms with Crippen molar-refractivity contribution in [3.05, 3.63) is 29.3 Å². The molecule has 1 saturated carbocycles. The van der Waals surface area contributed by atoms with Gasteiger partial charge in [-0.25, -0.2) is 0 Å². The molecule has 1 aliphatic heterocycles. The van der Waals surface area contributed by atoms with Gasteiger partial charge in [-0.2, -0.15) is 0 Å². The fraction of sp³-hybridized carbons (Fsp3) is 0.556. The number of hydrogen-bond donors (Lipinski definition) is 2. The molecule has 2 N–H and O–H groups in total. The molecule has 0 aromatic heterocycles. The fourth-order valence-corrected chi connectivity index (χ4v) is 3.19. The summed E-state index contributed by atoms with van der Waals surface area (Å²) in [5.74, 6) is -1.78. The van der Waals surface area contributed by atoms with Crippen LogP contribution in [0.15, 0.2) is 18.2 Å². The maximum absolute atomic E-state index is 12.0. The van der Waals surface area contributed by atoms with Gasteiger partial charge >= 0.3 is 11.8 Å². The first kappa shape index (κ1) is 16.9. The van der Waals surface area contributed by atoms with Gasteiger partial charge in [-0.05, 0) is 49.9 Å². The van der Waals surface area contributed by atoms with Crippen LogP contribution in [0.3, 0.4) is 0 Å². The third-order valence-corrected chi connectivity index (χ3v) is 4.74. The summed E-state index contributed by atoms with van der Waals surface area (Å²) in [6.45, 7) is 4.69. The number of rotatable bonds is 3. The van der Waals surface area contributed by atoms with Crippen LogP contribution in [0.1, 0.15) is 36.8 Å². The predicted molar refractivity (Wildman–Crippen MR) is 89.6 cm³/mol. The van der Waals surface area contributed by atoms with Gasteiger partial charge in [0.05, 0.1) is 6.61 Å². The molecule has 2 fully saturated rings. The fourth-order valence-electron chi connectivity index (χ4n) is 3.19. The SMILES string of the molecule is Cc1ccc(NC(=O)C(=O)NC[C@@H]2COC3(CCCC3)O2)cc1C. The van der Waals surface area contributed by atoms with Crippen LogP contribution in [0.5, 0.6) is 0 Å². The Morgan fingerprint density at radius 3 is 2.62 bits per heavy atom. The maximum atomic E-state index is 12.0. The van der Waals surface area contributed by atoms with Crippen molar-refractivity contribution in [2.24, 2.45) is 0 Å².